The van der Waals surface area contributed by atoms with E-state index in [4.69, 9.17) is 4.74 Å². The van der Waals surface area contributed by atoms with Crippen LogP contribution >= 0.6 is 0 Å². The molecule has 3 aromatic rings. The molecule has 0 aliphatic rings. The van der Waals surface area contributed by atoms with Crippen molar-refractivity contribution in [3.8, 4) is 0 Å². The quantitative estimate of drug-likeness (QED) is 0.405. The summed E-state index contributed by atoms with van der Waals surface area (Å²) in [5.41, 5.74) is 3.02. The highest BCUT2D eigenvalue weighted by molar-refractivity contribution is 5.89. The largest absolute Gasteiger partial charge is 0.452 e. The Balaban J connectivity index is 1.46. The molecule has 0 bridgehead atoms. The first-order valence-electron chi connectivity index (χ1n) is 10.1. The summed E-state index contributed by atoms with van der Waals surface area (Å²) in [6.07, 6.45) is 3.43. The lowest BCUT2D eigenvalue weighted by molar-refractivity contribution is -0.143. The van der Waals surface area contributed by atoms with Crippen LogP contribution in [0.5, 0.6) is 0 Å². The van der Waals surface area contributed by atoms with Gasteiger partial charge < -0.3 is 10.1 Å². The van der Waals surface area contributed by atoms with E-state index in [9.17, 15) is 14.0 Å². The second-order valence-corrected chi connectivity index (χ2v) is 7.01. The molecule has 3 rings (SSSR count). The zero-order valence-corrected chi connectivity index (χ0v) is 17.0. The van der Waals surface area contributed by atoms with Gasteiger partial charge in [-0.2, -0.15) is 0 Å². The van der Waals surface area contributed by atoms with Gasteiger partial charge in [-0.25, -0.2) is 9.18 Å². The van der Waals surface area contributed by atoms with E-state index in [2.05, 4.69) is 29.6 Å². The normalized spacial score (nSPS) is 10.9. The number of esters is 1. The number of rotatable bonds is 9. The first kappa shape index (κ1) is 22.0. The number of amides is 1. The third kappa shape index (κ3) is 7.23. The number of benzene rings is 3. The van der Waals surface area contributed by atoms with E-state index in [1.165, 1.54) is 35.4 Å². The lowest BCUT2D eigenvalue weighted by atomic mass is 9.88. The molecule has 3 aromatic carbocycles. The number of hydrogen-bond acceptors (Lipinski definition) is 3. The number of hydrogen-bond donors (Lipinski definition) is 1. The van der Waals surface area contributed by atoms with Crippen molar-refractivity contribution < 1.29 is 18.7 Å². The molecule has 0 saturated heterocycles. The predicted molar refractivity (Wildman–Crippen MR) is 119 cm³/mol. The molecule has 158 valence electrons. The van der Waals surface area contributed by atoms with Crippen LogP contribution in [0.3, 0.4) is 0 Å². The average Bonchev–Trinajstić information content (AvgIpc) is 2.81. The molecular formula is C26H24FNO3. The highest BCUT2D eigenvalue weighted by atomic mass is 19.1. The van der Waals surface area contributed by atoms with Crippen molar-refractivity contribution in [2.24, 2.45) is 0 Å². The number of carbonyl (C=O) groups is 2. The van der Waals surface area contributed by atoms with E-state index in [0.29, 0.717) is 12.1 Å². The van der Waals surface area contributed by atoms with Crippen LogP contribution in [-0.2, 0) is 14.3 Å². The van der Waals surface area contributed by atoms with Gasteiger partial charge in [-0.15, -0.1) is 0 Å². The molecule has 5 heteroatoms. The first-order chi connectivity index (χ1) is 15.1. The molecule has 31 heavy (non-hydrogen) atoms. The number of ether oxygens (including phenoxy) is 1. The van der Waals surface area contributed by atoms with Gasteiger partial charge in [-0.05, 0) is 41.3 Å². The monoisotopic (exact) mass is 417 g/mol. The summed E-state index contributed by atoms with van der Waals surface area (Å²) in [5.74, 6) is -1.18. The lowest BCUT2D eigenvalue weighted by Crippen LogP contribution is -2.30. The second-order valence-electron chi connectivity index (χ2n) is 7.01. The highest BCUT2D eigenvalue weighted by Gasteiger charge is 2.14. The Hall–Kier alpha value is -3.73. The van der Waals surface area contributed by atoms with E-state index in [0.717, 1.165) is 6.42 Å². The van der Waals surface area contributed by atoms with E-state index >= 15 is 0 Å². The summed E-state index contributed by atoms with van der Waals surface area (Å²) < 4.78 is 17.8. The van der Waals surface area contributed by atoms with Crippen molar-refractivity contribution in [1.82, 2.24) is 5.32 Å². The minimum absolute atomic E-state index is 0.156. The first-order valence-corrected chi connectivity index (χ1v) is 10.1. The van der Waals surface area contributed by atoms with Gasteiger partial charge in [0.1, 0.15) is 5.82 Å². The molecule has 0 saturated carbocycles. The van der Waals surface area contributed by atoms with Crippen LogP contribution in [0.1, 0.15) is 29.0 Å². The van der Waals surface area contributed by atoms with Gasteiger partial charge in [0.2, 0.25) is 0 Å². The Morgan fingerprint density at radius 1 is 0.871 bits per heavy atom. The van der Waals surface area contributed by atoms with Gasteiger partial charge in [0, 0.05) is 18.5 Å². The summed E-state index contributed by atoms with van der Waals surface area (Å²) in [7, 11) is 0. The molecule has 0 spiro atoms. The Morgan fingerprint density at radius 2 is 1.45 bits per heavy atom. The average molecular weight is 417 g/mol. The van der Waals surface area contributed by atoms with Gasteiger partial charge in [-0.1, -0.05) is 72.8 Å². The standard InChI is InChI=1S/C26H24FNO3/c27-23-14-11-20(12-15-23)13-16-26(30)31-19-25(29)28-18-17-24(21-7-3-1-4-8-21)22-9-5-2-6-10-22/h1-16,24H,17-19H2,(H,28,29)/b16-13+. The summed E-state index contributed by atoms with van der Waals surface area (Å²) in [4.78, 5) is 23.8. The van der Waals surface area contributed by atoms with E-state index in [1.54, 1.807) is 12.1 Å². The van der Waals surface area contributed by atoms with Crippen molar-refractivity contribution in [3.05, 3.63) is 114 Å². The number of halogens is 1. The van der Waals surface area contributed by atoms with E-state index in [1.807, 2.05) is 36.4 Å². The van der Waals surface area contributed by atoms with Gasteiger partial charge in [-0.3, -0.25) is 4.79 Å². The second kappa shape index (κ2) is 11.5. The molecule has 1 N–H and O–H groups in total. The zero-order valence-electron chi connectivity index (χ0n) is 17.0. The SMILES string of the molecule is O=C(COC(=O)/C=C/c1ccc(F)cc1)NCCC(c1ccccc1)c1ccccc1. The minimum atomic E-state index is -0.633. The fourth-order valence-electron chi connectivity index (χ4n) is 3.23. The maximum atomic E-state index is 12.9. The summed E-state index contributed by atoms with van der Waals surface area (Å²) in [6.45, 7) is 0.101. The molecule has 0 heterocycles. The Bertz CT molecular complexity index is 962. The van der Waals surface area contributed by atoms with Crippen molar-refractivity contribution in [3.63, 3.8) is 0 Å². The van der Waals surface area contributed by atoms with Crippen LogP contribution in [0, 0.1) is 5.82 Å². The molecule has 0 unspecified atom stereocenters. The van der Waals surface area contributed by atoms with Gasteiger partial charge in [0.05, 0.1) is 0 Å². The summed E-state index contributed by atoms with van der Waals surface area (Å²) >= 11 is 0. The Kier molecular flexibility index (Phi) is 8.12. The molecular weight excluding hydrogens is 393 g/mol. The smallest absolute Gasteiger partial charge is 0.331 e. The molecule has 0 radical (unpaired) electrons. The molecule has 1 amide bonds. The van der Waals surface area contributed by atoms with Gasteiger partial charge in [0.25, 0.3) is 5.91 Å². The molecule has 0 aliphatic heterocycles. The van der Waals surface area contributed by atoms with Crippen LogP contribution in [0.2, 0.25) is 0 Å². The minimum Gasteiger partial charge on any atom is -0.452 e. The van der Waals surface area contributed by atoms with E-state index < -0.39 is 5.97 Å². The third-order valence-corrected chi connectivity index (χ3v) is 4.79. The van der Waals surface area contributed by atoms with Crippen molar-refractivity contribution >= 4 is 18.0 Å². The van der Waals surface area contributed by atoms with E-state index in [-0.39, 0.29) is 24.2 Å². The maximum Gasteiger partial charge on any atom is 0.331 e. The fraction of sp³-hybridized carbons (Fsp3) is 0.154. The molecule has 0 aliphatic carbocycles. The third-order valence-electron chi connectivity index (χ3n) is 4.79. The molecule has 0 atom stereocenters. The van der Waals surface area contributed by atoms with Crippen LogP contribution in [0.15, 0.2) is 91.0 Å². The highest BCUT2D eigenvalue weighted by Crippen LogP contribution is 2.27. The topological polar surface area (TPSA) is 55.4 Å². The van der Waals surface area contributed by atoms with Crippen molar-refractivity contribution in [1.29, 1.82) is 0 Å². The number of carbonyl (C=O) groups excluding carboxylic acids is 2. The van der Waals surface area contributed by atoms with Gasteiger partial charge >= 0.3 is 5.97 Å². The van der Waals surface area contributed by atoms with Crippen molar-refractivity contribution in [2.75, 3.05) is 13.2 Å². The predicted octanol–water partition coefficient (Wildman–Crippen LogP) is 4.72. The van der Waals surface area contributed by atoms with Crippen LogP contribution < -0.4 is 5.32 Å². The van der Waals surface area contributed by atoms with Gasteiger partial charge in [0.15, 0.2) is 6.61 Å². The lowest BCUT2D eigenvalue weighted by Gasteiger charge is -2.18. The van der Waals surface area contributed by atoms with Crippen LogP contribution in [0.4, 0.5) is 4.39 Å². The summed E-state index contributed by atoms with van der Waals surface area (Å²) in [5, 5.41) is 2.81. The van der Waals surface area contributed by atoms with Crippen LogP contribution in [0.25, 0.3) is 6.08 Å². The fourth-order valence-corrected chi connectivity index (χ4v) is 3.23. The Labute approximate surface area is 181 Å². The molecule has 4 nitrogen and oxygen atoms in total. The van der Waals surface area contributed by atoms with Crippen molar-refractivity contribution in [2.45, 2.75) is 12.3 Å². The summed E-state index contributed by atoms with van der Waals surface area (Å²) in [6, 6.07) is 26.0. The molecule has 0 fully saturated rings. The Morgan fingerprint density at radius 3 is 2.03 bits per heavy atom. The zero-order chi connectivity index (χ0) is 21.9. The maximum absolute atomic E-state index is 12.9. The molecule has 0 aromatic heterocycles. The van der Waals surface area contributed by atoms with Crippen LogP contribution in [-0.4, -0.2) is 25.0 Å². The number of nitrogens with one attached hydrogen (secondary N) is 1.